The van der Waals surface area contributed by atoms with Crippen molar-refractivity contribution in [2.45, 2.75) is 46.1 Å². The number of carbonyl (C=O) groups excluding carboxylic acids is 2. The Morgan fingerprint density at radius 1 is 1.21 bits per heavy atom. The molecule has 1 N–H and O–H groups in total. The summed E-state index contributed by atoms with van der Waals surface area (Å²) in [6.45, 7) is 6.89. The number of ether oxygens (including phenoxy) is 3. The quantitative estimate of drug-likeness (QED) is 0.558. The first-order valence-corrected chi connectivity index (χ1v) is 10.1. The number of esters is 1. The maximum Gasteiger partial charge on any atom is 0.330 e. The van der Waals surface area contributed by atoms with Crippen molar-refractivity contribution in [1.82, 2.24) is 5.32 Å². The molecule has 0 saturated heterocycles. The van der Waals surface area contributed by atoms with E-state index in [0.717, 1.165) is 18.4 Å². The summed E-state index contributed by atoms with van der Waals surface area (Å²) in [4.78, 5) is 23.8. The minimum Gasteiger partial charge on any atom is -0.493 e. The Morgan fingerprint density at radius 2 is 1.97 bits per heavy atom. The number of benzene rings is 1. The highest BCUT2D eigenvalue weighted by molar-refractivity contribution is 5.87. The maximum atomic E-state index is 12.5. The standard InChI is InChI=1S/C23H31NO5/c1-22(2)16-10-11-23(22,3)19(13-16)24-20(25)14-29-17-8-6-15(12-18(17)27-4)7-9-21(26)28-5/h6-9,12,16,19H,10-11,13-14H2,1-5H3,(H,24,25)/b9-7+/t16-,19+,23-/m0/s1. The molecule has 1 aromatic carbocycles. The van der Waals surface area contributed by atoms with Gasteiger partial charge in [0.1, 0.15) is 0 Å². The van der Waals surface area contributed by atoms with E-state index in [1.54, 1.807) is 24.3 Å². The van der Waals surface area contributed by atoms with Gasteiger partial charge in [-0.05, 0) is 59.8 Å². The number of carbonyl (C=O) groups is 2. The predicted octanol–water partition coefficient (Wildman–Crippen LogP) is 3.59. The van der Waals surface area contributed by atoms with Gasteiger partial charge in [0.05, 0.1) is 14.2 Å². The largest absolute Gasteiger partial charge is 0.493 e. The number of amides is 1. The third-order valence-electron chi connectivity index (χ3n) is 7.29. The highest BCUT2D eigenvalue weighted by Crippen LogP contribution is 2.65. The molecule has 1 amide bonds. The second-order valence-corrected chi connectivity index (χ2v) is 8.79. The van der Waals surface area contributed by atoms with Gasteiger partial charge in [-0.1, -0.05) is 26.8 Å². The number of hydrogen-bond donors (Lipinski definition) is 1. The Labute approximate surface area is 172 Å². The molecule has 3 atom stereocenters. The molecule has 0 heterocycles. The van der Waals surface area contributed by atoms with Crippen LogP contribution in [-0.2, 0) is 14.3 Å². The second kappa shape index (κ2) is 8.09. The van der Waals surface area contributed by atoms with Crippen LogP contribution in [0.15, 0.2) is 24.3 Å². The lowest BCUT2D eigenvalue weighted by atomic mass is 9.69. The molecule has 0 aromatic heterocycles. The van der Waals surface area contributed by atoms with Crippen molar-refractivity contribution in [2.75, 3.05) is 20.8 Å². The van der Waals surface area contributed by atoms with Crippen molar-refractivity contribution in [3.05, 3.63) is 29.8 Å². The third-order valence-corrected chi connectivity index (χ3v) is 7.29. The summed E-state index contributed by atoms with van der Waals surface area (Å²) < 4.78 is 15.7. The molecule has 2 bridgehead atoms. The van der Waals surface area contributed by atoms with Crippen LogP contribution in [-0.4, -0.2) is 38.7 Å². The van der Waals surface area contributed by atoms with Gasteiger partial charge in [0.2, 0.25) is 0 Å². The number of fused-ring (bicyclic) bond motifs is 2. The Morgan fingerprint density at radius 3 is 2.55 bits per heavy atom. The van der Waals surface area contributed by atoms with Gasteiger partial charge in [-0.2, -0.15) is 0 Å². The molecule has 6 heteroatoms. The molecule has 29 heavy (non-hydrogen) atoms. The first-order valence-electron chi connectivity index (χ1n) is 10.1. The Hall–Kier alpha value is -2.50. The average molecular weight is 402 g/mol. The summed E-state index contributed by atoms with van der Waals surface area (Å²) in [5, 5.41) is 3.20. The first kappa shape index (κ1) is 21.2. The fourth-order valence-electron chi connectivity index (χ4n) is 4.94. The van der Waals surface area contributed by atoms with E-state index in [9.17, 15) is 9.59 Å². The monoisotopic (exact) mass is 401 g/mol. The summed E-state index contributed by atoms with van der Waals surface area (Å²) in [7, 11) is 2.86. The molecule has 6 nitrogen and oxygen atoms in total. The van der Waals surface area contributed by atoms with Crippen LogP contribution in [0.3, 0.4) is 0 Å². The smallest absolute Gasteiger partial charge is 0.330 e. The van der Waals surface area contributed by atoms with Crippen LogP contribution in [0.2, 0.25) is 0 Å². The van der Waals surface area contributed by atoms with Crippen molar-refractivity contribution in [3.8, 4) is 11.5 Å². The number of methoxy groups -OCH3 is 2. The zero-order valence-corrected chi connectivity index (χ0v) is 17.9. The number of hydrogen-bond acceptors (Lipinski definition) is 5. The summed E-state index contributed by atoms with van der Waals surface area (Å²) in [6, 6.07) is 5.45. The van der Waals surface area contributed by atoms with Crippen LogP contribution in [0.1, 0.15) is 45.6 Å². The average Bonchev–Trinajstić information content (AvgIpc) is 3.04. The van der Waals surface area contributed by atoms with E-state index in [1.165, 1.54) is 26.7 Å². The normalized spacial score (nSPS) is 27.1. The fraction of sp³-hybridized carbons (Fsp3) is 0.565. The predicted molar refractivity (Wildman–Crippen MR) is 111 cm³/mol. The van der Waals surface area contributed by atoms with Crippen molar-refractivity contribution in [2.24, 2.45) is 16.7 Å². The molecule has 1 aromatic rings. The Balaban J connectivity index is 1.59. The molecule has 0 radical (unpaired) electrons. The lowest BCUT2D eigenvalue weighted by Gasteiger charge is -2.39. The van der Waals surface area contributed by atoms with Gasteiger partial charge in [-0.3, -0.25) is 4.79 Å². The SMILES string of the molecule is COC(=O)/C=C/c1ccc(OCC(=O)N[C@@H]2C[C@@H]3CC[C@]2(C)C3(C)C)c(OC)c1. The van der Waals surface area contributed by atoms with Crippen LogP contribution in [0, 0.1) is 16.7 Å². The third kappa shape index (κ3) is 3.98. The van der Waals surface area contributed by atoms with Gasteiger partial charge >= 0.3 is 5.97 Å². The van der Waals surface area contributed by atoms with E-state index >= 15 is 0 Å². The zero-order valence-electron chi connectivity index (χ0n) is 17.9. The van der Waals surface area contributed by atoms with Crippen LogP contribution >= 0.6 is 0 Å². The Bertz CT molecular complexity index is 815. The molecule has 2 fully saturated rings. The number of rotatable bonds is 7. The number of nitrogens with one attached hydrogen (secondary N) is 1. The molecule has 158 valence electrons. The van der Waals surface area contributed by atoms with Gasteiger partial charge in [0.25, 0.3) is 5.91 Å². The lowest BCUT2D eigenvalue weighted by Crippen LogP contribution is -2.48. The minimum absolute atomic E-state index is 0.0641. The van der Waals surface area contributed by atoms with E-state index < -0.39 is 5.97 Å². The van der Waals surface area contributed by atoms with Gasteiger partial charge in [-0.15, -0.1) is 0 Å². The molecule has 0 spiro atoms. The molecule has 3 rings (SSSR count). The maximum absolute atomic E-state index is 12.5. The van der Waals surface area contributed by atoms with E-state index in [0.29, 0.717) is 17.4 Å². The summed E-state index contributed by atoms with van der Waals surface area (Å²) in [6.07, 6.45) is 6.41. The van der Waals surface area contributed by atoms with Crippen molar-refractivity contribution in [1.29, 1.82) is 0 Å². The van der Waals surface area contributed by atoms with Crippen molar-refractivity contribution in [3.63, 3.8) is 0 Å². The van der Waals surface area contributed by atoms with Crippen molar-refractivity contribution >= 4 is 18.0 Å². The van der Waals surface area contributed by atoms with Crippen LogP contribution in [0.5, 0.6) is 11.5 Å². The topological polar surface area (TPSA) is 73.9 Å². The van der Waals surface area contributed by atoms with E-state index in [1.807, 2.05) is 0 Å². The zero-order chi connectivity index (χ0) is 21.2. The minimum atomic E-state index is -0.432. The van der Waals surface area contributed by atoms with Gasteiger partial charge in [-0.25, -0.2) is 4.79 Å². The first-order chi connectivity index (χ1) is 13.7. The van der Waals surface area contributed by atoms with Gasteiger partial charge in [0, 0.05) is 12.1 Å². The van der Waals surface area contributed by atoms with Gasteiger partial charge < -0.3 is 19.5 Å². The van der Waals surface area contributed by atoms with Crippen LogP contribution in [0.25, 0.3) is 6.08 Å². The molecule has 2 aliphatic carbocycles. The molecule has 0 unspecified atom stereocenters. The molecular weight excluding hydrogens is 370 g/mol. The van der Waals surface area contributed by atoms with Crippen molar-refractivity contribution < 1.29 is 23.8 Å². The summed E-state index contributed by atoms with van der Waals surface area (Å²) in [5.74, 6) is 1.11. The van der Waals surface area contributed by atoms with Crippen LogP contribution in [0.4, 0.5) is 0 Å². The van der Waals surface area contributed by atoms with E-state index in [4.69, 9.17) is 9.47 Å². The molecule has 0 aliphatic heterocycles. The molecule has 2 saturated carbocycles. The fourth-order valence-corrected chi connectivity index (χ4v) is 4.94. The second-order valence-electron chi connectivity index (χ2n) is 8.79. The molecule has 2 aliphatic rings. The lowest BCUT2D eigenvalue weighted by molar-refractivity contribution is -0.134. The summed E-state index contributed by atoms with van der Waals surface area (Å²) >= 11 is 0. The van der Waals surface area contributed by atoms with E-state index in [2.05, 4.69) is 30.8 Å². The highest BCUT2D eigenvalue weighted by atomic mass is 16.5. The Kier molecular flexibility index (Phi) is 5.92. The molecular formula is C23H31NO5. The van der Waals surface area contributed by atoms with Gasteiger partial charge in [0.15, 0.2) is 18.1 Å². The highest BCUT2D eigenvalue weighted by Gasteiger charge is 2.61. The summed E-state index contributed by atoms with van der Waals surface area (Å²) in [5.41, 5.74) is 1.16. The van der Waals surface area contributed by atoms with Crippen LogP contribution < -0.4 is 14.8 Å². The van der Waals surface area contributed by atoms with E-state index in [-0.39, 0.29) is 29.4 Å².